The summed E-state index contributed by atoms with van der Waals surface area (Å²) in [5.41, 5.74) is 5.84. The van der Waals surface area contributed by atoms with Crippen molar-refractivity contribution in [3.8, 4) is 5.75 Å². The Balaban J connectivity index is 2.23. The van der Waals surface area contributed by atoms with E-state index in [0.29, 0.717) is 0 Å². The maximum Gasteiger partial charge on any atom is 0.340 e. The molecule has 0 unspecified atom stereocenters. The minimum atomic E-state index is -4.25. The average molecular weight is 265 g/mol. The molecular weight excluding hydrogens is 258 g/mol. The van der Waals surface area contributed by atoms with E-state index in [9.17, 15) is 17.6 Å². The molecule has 0 aliphatic carbocycles. The quantitative estimate of drug-likeness (QED) is 0.676. The molecule has 0 saturated heterocycles. The summed E-state index contributed by atoms with van der Waals surface area (Å²) in [7, 11) is 0. The Morgan fingerprint density at radius 1 is 1.28 bits per heavy atom. The lowest BCUT2D eigenvalue weighted by Crippen LogP contribution is -2.33. The van der Waals surface area contributed by atoms with Gasteiger partial charge in [-0.3, -0.25) is 0 Å². The van der Waals surface area contributed by atoms with Gasteiger partial charge in [0.1, 0.15) is 0 Å². The molecule has 0 saturated carbocycles. The zero-order valence-corrected chi connectivity index (χ0v) is 8.74. The fourth-order valence-corrected chi connectivity index (χ4v) is 1.22. The number of ether oxygens (including phenoxy) is 1. The lowest BCUT2D eigenvalue weighted by molar-refractivity contribution is -0.148. The van der Waals surface area contributed by atoms with Gasteiger partial charge in [0.25, 0.3) is 0 Å². The number of alkyl halides is 4. The molecule has 0 aliphatic rings. The standard InChI is InChI=1S/C9H7F4N3O2/c10-8(11)9(12,13)3-17-5-2-1-4(14)6-7(5)16-18-15-6/h1-2,8H,3,14H2. The Labute approximate surface area is 97.5 Å². The Kier molecular flexibility index (Phi) is 2.97. The Morgan fingerprint density at radius 3 is 2.61 bits per heavy atom. The highest BCUT2D eigenvalue weighted by Gasteiger charge is 2.41. The summed E-state index contributed by atoms with van der Waals surface area (Å²) in [4.78, 5) is 0. The van der Waals surface area contributed by atoms with Crippen molar-refractivity contribution in [2.45, 2.75) is 12.3 Å². The molecule has 9 heteroatoms. The Morgan fingerprint density at radius 2 is 1.94 bits per heavy atom. The Hall–Kier alpha value is -2.06. The van der Waals surface area contributed by atoms with E-state index in [1.54, 1.807) is 0 Å². The summed E-state index contributed by atoms with van der Waals surface area (Å²) in [6, 6.07) is 2.55. The fourth-order valence-electron chi connectivity index (χ4n) is 1.22. The van der Waals surface area contributed by atoms with Gasteiger partial charge in [-0.25, -0.2) is 13.4 Å². The summed E-state index contributed by atoms with van der Waals surface area (Å²) in [6.07, 6.45) is -3.81. The van der Waals surface area contributed by atoms with E-state index in [2.05, 4.69) is 19.7 Å². The highest BCUT2D eigenvalue weighted by Crippen LogP contribution is 2.29. The van der Waals surface area contributed by atoms with E-state index in [4.69, 9.17) is 5.73 Å². The molecule has 0 atom stereocenters. The van der Waals surface area contributed by atoms with Gasteiger partial charge >= 0.3 is 12.3 Å². The van der Waals surface area contributed by atoms with E-state index in [1.165, 1.54) is 12.1 Å². The summed E-state index contributed by atoms with van der Waals surface area (Å²) in [5.74, 6) is -4.40. The molecule has 0 amide bonds. The van der Waals surface area contributed by atoms with Crippen molar-refractivity contribution in [1.82, 2.24) is 10.3 Å². The molecule has 2 rings (SSSR count). The number of nitrogens with two attached hydrogens (primary N) is 1. The molecule has 2 aromatic rings. The van der Waals surface area contributed by atoms with Crippen LogP contribution in [0.1, 0.15) is 0 Å². The van der Waals surface area contributed by atoms with Gasteiger partial charge < -0.3 is 10.5 Å². The molecule has 18 heavy (non-hydrogen) atoms. The van der Waals surface area contributed by atoms with Crippen molar-refractivity contribution in [3.05, 3.63) is 12.1 Å². The molecule has 0 fully saturated rings. The Bertz CT molecular complexity index is 558. The van der Waals surface area contributed by atoms with E-state index in [-0.39, 0.29) is 22.5 Å². The number of aromatic nitrogens is 2. The highest BCUT2D eigenvalue weighted by molar-refractivity contribution is 5.90. The number of nitrogen functional groups attached to an aromatic ring is 1. The monoisotopic (exact) mass is 265 g/mol. The minimum Gasteiger partial charge on any atom is -0.485 e. The number of hydrogen-bond acceptors (Lipinski definition) is 5. The first kappa shape index (κ1) is 12.4. The molecule has 1 heterocycles. The van der Waals surface area contributed by atoms with Crippen molar-refractivity contribution in [2.75, 3.05) is 12.3 Å². The predicted octanol–water partition coefficient (Wildman–Crippen LogP) is 2.08. The van der Waals surface area contributed by atoms with Gasteiger partial charge in [-0.2, -0.15) is 8.78 Å². The first-order chi connectivity index (χ1) is 8.42. The average Bonchev–Trinajstić information content (AvgIpc) is 2.78. The van der Waals surface area contributed by atoms with Crippen molar-refractivity contribution >= 4 is 16.7 Å². The lowest BCUT2D eigenvalue weighted by Gasteiger charge is -2.15. The zero-order valence-electron chi connectivity index (χ0n) is 8.74. The van der Waals surface area contributed by atoms with Gasteiger partial charge in [-0.15, -0.1) is 0 Å². The molecule has 0 bridgehead atoms. The molecule has 0 radical (unpaired) electrons. The predicted molar refractivity (Wildman–Crippen MR) is 52.7 cm³/mol. The van der Waals surface area contributed by atoms with Crippen LogP contribution >= 0.6 is 0 Å². The molecular formula is C9H7F4N3O2. The minimum absolute atomic E-state index is 0.0000614. The highest BCUT2D eigenvalue weighted by atomic mass is 19.3. The van der Waals surface area contributed by atoms with Gasteiger partial charge in [0.05, 0.1) is 5.69 Å². The second kappa shape index (κ2) is 4.31. The van der Waals surface area contributed by atoms with Crippen molar-refractivity contribution in [2.24, 2.45) is 0 Å². The molecule has 1 aromatic heterocycles. The summed E-state index contributed by atoms with van der Waals surface area (Å²) < 4.78 is 58.2. The number of halogens is 4. The third-order valence-electron chi connectivity index (χ3n) is 2.15. The number of hydrogen-bond donors (Lipinski definition) is 1. The first-order valence-corrected chi connectivity index (χ1v) is 4.71. The van der Waals surface area contributed by atoms with Crippen LogP contribution in [0.2, 0.25) is 0 Å². The third-order valence-corrected chi connectivity index (χ3v) is 2.15. The SMILES string of the molecule is Nc1ccc(OCC(F)(F)C(F)F)c2nonc12. The van der Waals surface area contributed by atoms with Crippen LogP contribution in [0.3, 0.4) is 0 Å². The van der Waals surface area contributed by atoms with Crippen molar-refractivity contribution in [3.63, 3.8) is 0 Å². The molecule has 0 spiro atoms. The lowest BCUT2D eigenvalue weighted by atomic mass is 10.2. The molecule has 2 N–H and O–H groups in total. The van der Waals surface area contributed by atoms with Crippen LogP contribution in [0.4, 0.5) is 23.2 Å². The van der Waals surface area contributed by atoms with Crippen LogP contribution in [0.15, 0.2) is 16.8 Å². The molecule has 98 valence electrons. The van der Waals surface area contributed by atoms with Gasteiger partial charge in [-0.05, 0) is 22.4 Å². The van der Waals surface area contributed by atoms with Crippen LogP contribution in [-0.4, -0.2) is 29.3 Å². The van der Waals surface area contributed by atoms with Crippen LogP contribution in [-0.2, 0) is 0 Å². The smallest absolute Gasteiger partial charge is 0.340 e. The van der Waals surface area contributed by atoms with Crippen molar-refractivity contribution < 1.29 is 26.9 Å². The van der Waals surface area contributed by atoms with E-state index >= 15 is 0 Å². The van der Waals surface area contributed by atoms with Crippen molar-refractivity contribution in [1.29, 1.82) is 0 Å². The first-order valence-electron chi connectivity index (χ1n) is 4.71. The summed E-state index contributed by atoms with van der Waals surface area (Å²) in [5, 5.41) is 6.83. The number of fused-ring (bicyclic) bond motifs is 1. The van der Waals surface area contributed by atoms with Crippen LogP contribution < -0.4 is 10.5 Å². The second-order valence-electron chi connectivity index (χ2n) is 3.46. The topological polar surface area (TPSA) is 74.2 Å². The maximum atomic E-state index is 12.7. The van der Waals surface area contributed by atoms with Gasteiger partial charge in [-0.1, -0.05) is 0 Å². The largest absolute Gasteiger partial charge is 0.485 e. The molecule has 1 aromatic carbocycles. The molecule has 5 nitrogen and oxygen atoms in total. The van der Waals surface area contributed by atoms with Gasteiger partial charge in [0, 0.05) is 0 Å². The number of rotatable bonds is 4. The maximum absolute atomic E-state index is 12.7. The van der Waals surface area contributed by atoms with Gasteiger partial charge in [0.2, 0.25) is 0 Å². The van der Waals surface area contributed by atoms with Crippen LogP contribution in [0.5, 0.6) is 5.75 Å². The van der Waals surface area contributed by atoms with E-state index in [1.807, 2.05) is 0 Å². The van der Waals surface area contributed by atoms with Crippen LogP contribution in [0.25, 0.3) is 11.0 Å². The van der Waals surface area contributed by atoms with E-state index in [0.717, 1.165) is 0 Å². The normalized spacial score (nSPS) is 12.3. The zero-order chi connectivity index (χ0) is 13.3. The summed E-state index contributed by atoms with van der Waals surface area (Å²) in [6.45, 7) is -1.48. The fraction of sp³-hybridized carbons (Fsp3) is 0.333. The van der Waals surface area contributed by atoms with E-state index < -0.39 is 19.0 Å². The number of anilines is 1. The number of benzene rings is 1. The second-order valence-corrected chi connectivity index (χ2v) is 3.46. The van der Waals surface area contributed by atoms with Gasteiger partial charge in [0.15, 0.2) is 23.4 Å². The summed E-state index contributed by atoms with van der Waals surface area (Å²) >= 11 is 0. The van der Waals surface area contributed by atoms with Crippen LogP contribution in [0, 0.1) is 0 Å². The number of nitrogens with zero attached hydrogens (tertiary/aromatic N) is 2. The molecule has 0 aliphatic heterocycles. The third kappa shape index (κ3) is 2.15.